The van der Waals surface area contributed by atoms with Crippen molar-refractivity contribution in [1.82, 2.24) is 14.7 Å². The van der Waals surface area contributed by atoms with Gasteiger partial charge >= 0.3 is 0 Å². The number of piperidine rings is 1. The lowest BCUT2D eigenvalue weighted by Gasteiger charge is -2.36. The Morgan fingerprint density at radius 3 is 2.77 bits per heavy atom. The molecule has 3 rings (SSSR count). The maximum Gasteiger partial charge on any atom is 0.272 e. The molecule has 1 saturated heterocycles. The summed E-state index contributed by atoms with van der Waals surface area (Å²) in [5, 5.41) is 14.6. The number of amides is 1. The first-order chi connectivity index (χ1) is 10.7. The number of aliphatic hydroxyl groups excluding tert-OH is 1. The van der Waals surface area contributed by atoms with E-state index < -0.39 is 6.10 Å². The summed E-state index contributed by atoms with van der Waals surface area (Å²) in [6, 6.07) is 11.8. The summed E-state index contributed by atoms with van der Waals surface area (Å²) < 4.78 is 1.69. The van der Waals surface area contributed by atoms with Gasteiger partial charge in [0, 0.05) is 31.7 Å². The normalized spacial score (nSPS) is 21.8. The summed E-state index contributed by atoms with van der Waals surface area (Å²) in [6.45, 7) is 3.65. The van der Waals surface area contributed by atoms with Crippen LogP contribution in [0.15, 0.2) is 42.6 Å². The van der Waals surface area contributed by atoms with Crippen molar-refractivity contribution in [2.45, 2.75) is 31.9 Å². The van der Waals surface area contributed by atoms with Gasteiger partial charge in [0.05, 0.1) is 6.10 Å². The van der Waals surface area contributed by atoms with E-state index in [1.54, 1.807) is 21.8 Å². The first-order valence-corrected chi connectivity index (χ1v) is 7.74. The minimum Gasteiger partial charge on any atom is -0.391 e. The van der Waals surface area contributed by atoms with Crippen LogP contribution in [0.5, 0.6) is 0 Å². The average molecular weight is 299 g/mol. The molecule has 1 N–H and O–H groups in total. The summed E-state index contributed by atoms with van der Waals surface area (Å²) >= 11 is 0. The second kappa shape index (κ2) is 6.32. The van der Waals surface area contributed by atoms with E-state index in [-0.39, 0.29) is 11.8 Å². The molecule has 5 nitrogen and oxygen atoms in total. The van der Waals surface area contributed by atoms with Gasteiger partial charge in [-0.1, -0.05) is 30.3 Å². The first kappa shape index (κ1) is 14.8. The zero-order chi connectivity index (χ0) is 15.5. The van der Waals surface area contributed by atoms with E-state index in [1.165, 1.54) is 0 Å². The van der Waals surface area contributed by atoms with Crippen molar-refractivity contribution in [2.24, 2.45) is 0 Å². The van der Waals surface area contributed by atoms with Crippen molar-refractivity contribution in [1.29, 1.82) is 0 Å². The molecule has 0 radical (unpaired) electrons. The van der Waals surface area contributed by atoms with Gasteiger partial charge in [-0.15, -0.1) is 0 Å². The number of aryl methyl sites for hydroxylation is 1. The van der Waals surface area contributed by atoms with Crippen LogP contribution in [0.25, 0.3) is 0 Å². The van der Waals surface area contributed by atoms with Crippen molar-refractivity contribution in [2.75, 3.05) is 13.1 Å². The number of nitrogens with zero attached hydrogens (tertiary/aromatic N) is 3. The Morgan fingerprint density at radius 1 is 1.32 bits per heavy atom. The van der Waals surface area contributed by atoms with E-state index in [0.29, 0.717) is 25.3 Å². The summed E-state index contributed by atoms with van der Waals surface area (Å²) in [7, 11) is 0. The molecule has 0 aliphatic carbocycles. The van der Waals surface area contributed by atoms with Crippen LogP contribution in [0, 0.1) is 0 Å². The van der Waals surface area contributed by atoms with Crippen LogP contribution in [0.3, 0.4) is 0 Å². The molecule has 1 fully saturated rings. The summed E-state index contributed by atoms with van der Waals surface area (Å²) in [4.78, 5) is 14.3. The first-order valence-electron chi connectivity index (χ1n) is 7.74. The standard InChI is InChI=1S/C17H21N3O2/c1-2-20-15(8-10-18-20)17(22)19-11-9-14(16(21)12-19)13-6-4-3-5-7-13/h3-8,10,14,16,21H,2,9,11-12H2,1H3/t14-,16+/m0/s1. The number of carbonyl (C=O) groups is 1. The maximum absolute atomic E-state index is 12.6. The van der Waals surface area contributed by atoms with Gasteiger partial charge in [-0.05, 0) is 25.0 Å². The van der Waals surface area contributed by atoms with Gasteiger partial charge in [0.2, 0.25) is 0 Å². The molecular weight excluding hydrogens is 278 g/mol. The Kier molecular flexibility index (Phi) is 4.24. The van der Waals surface area contributed by atoms with Gasteiger partial charge in [-0.3, -0.25) is 9.48 Å². The minimum atomic E-state index is -0.530. The van der Waals surface area contributed by atoms with E-state index in [9.17, 15) is 9.90 Å². The number of hydrogen-bond acceptors (Lipinski definition) is 3. The molecule has 0 unspecified atom stereocenters. The molecule has 2 atom stereocenters. The van der Waals surface area contributed by atoms with Crippen molar-refractivity contribution < 1.29 is 9.90 Å². The van der Waals surface area contributed by atoms with E-state index >= 15 is 0 Å². The lowest BCUT2D eigenvalue weighted by Crippen LogP contribution is -2.46. The van der Waals surface area contributed by atoms with Crippen LogP contribution in [0.1, 0.15) is 35.3 Å². The minimum absolute atomic E-state index is 0.0510. The highest BCUT2D eigenvalue weighted by atomic mass is 16.3. The molecule has 5 heteroatoms. The summed E-state index contributed by atoms with van der Waals surface area (Å²) in [5.41, 5.74) is 1.73. The molecule has 0 spiro atoms. The highest BCUT2D eigenvalue weighted by molar-refractivity contribution is 5.92. The van der Waals surface area contributed by atoms with Gasteiger partial charge in [0.15, 0.2) is 0 Å². The highest BCUT2D eigenvalue weighted by Gasteiger charge is 2.32. The molecule has 1 aromatic carbocycles. The van der Waals surface area contributed by atoms with Crippen molar-refractivity contribution in [3.8, 4) is 0 Å². The lowest BCUT2D eigenvalue weighted by molar-refractivity contribution is 0.0373. The fraction of sp³-hybridized carbons (Fsp3) is 0.412. The second-order valence-corrected chi connectivity index (χ2v) is 5.66. The fourth-order valence-corrected chi connectivity index (χ4v) is 3.13. The Bertz CT molecular complexity index is 638. The van der Waals surface area contributed by atoms with Crippen LogP contribution in [-0.2, 0) is 6.54 Å². The van der Waals surface area contributed by atoms with Gasteiger partial charge in [0.25, 0.3) is 5.91 Å². The van der Waals surface area contributed by atoms with Crippen LogP contribution in [0.2, 0.25) is 0 Å². The van der Waals surface area contributed by atoms with E-state index in [2.05, 4.69) is 5.10 Å². The predicted molar refractivity (Wildman–Crippen MR) is 83.6 cm³/mol. The van der Waals surface area contributed by atoms with Crippen LogP contribution in [-0.4, -0.2) is 44.9 Å². The Morgan fingerprint density at radius 2 is 2.09 bits per heavy atom. The van der Waals surface area contributed by atoms with Gasteiger partial charge in [0.1, 0.15) is 5.69 Å². The number of hydrogen-bond donors (Lipinski definition) is 1. The van der Waals surface area contributed by atoms with Crippen LogP contribution < -0.4 is 0 Å². The molecule has 2 aromatic rings. The third-order valence-corrected chi connectivity index (χ3v) is 4.33. The topological polar surface area (TPSA) is 58.4 Å². The molecule has 1 aromatic heterocycles. The number of rotatable bonds is 3. The molecule has 0 bridgehead atoms. The average Bonchev–Trinajstić information content (AvgIpc) is 3.03. The van der Waals surface area contributed by atoms with Crippen molar-refractivity contribution in [3.05, 3.63) is 53.9 Å². The Hall–Kier alpha value is -2.14. The molecule has 1 aliphatic heterocycles. The molecule has 1 amide bonds. The van der Waals surface area contributed by atoms with Crippen LogP contribution >= 0.6 is 0 Å². The third-order valence-electron chi connectivity index (χ3n) is 4.33. The molecular formula is C17H21N3O2. The number of benzene rings is 1. The Balaban J connectivity index is 1.71. The van der Waals surface area contributed by atoms with E-state index in [0.717, 1.165) is 12.0 Å². The largest absolute Gasteiger partial charge is 0.391 e. The monoisotopic (exact) mass is 299 g/mol. The molecule has 0 saturated carbocycles. The third kappa shape index (κ3) is 2.76. The predicted octanol–water partition coefficient (Wildman–Crippen LogP) is 1.89. The Labute approximate surface area is 130 Å². The number of aromatic nitrogens is 2. The van der Waals surface area contributed by atoms with E-state index in [4.69, 9.17) is 0 Å². The maximum atomic E-state index is 12.6. The van der Waals surface area contributed by atoms with E-state index in [1.807, 2.05) is 37.3 Å². The van der Waals surface area contributed by atoms with Gasteiger partial charge in [-0.2, -0.15) is 5.10 Å². The zero-order valence-corrected chi connectivity index (χ0v) is 12.7. The van der Waals surface area contributed by atoms with Crippen LogP contribution in [0.4, 0.5) is 0 Å². The molecule has 1 aliphatic rings. The second-order valence-electron chi connectivity index (χ2n) is 5.66. The van der Waals surface area contributed by atoms with Gasteiger partial charge < -0.3 is 10.0 Å². The van der Waals surface area contributed by atoms with Gasteiger partial charge in [-0.25, -0.2) is 0 Å². The van der Waals surface area contributed by atoms with Crippen molar-refractivity contribution >= 4 is 5.91 Å². The summed E-state index contributed by atoms with van der Waals surface area (Å²) in [6.07, 6.45) is 1.89. The lowest BCUT2D eigenvalue weighted by atomic mass is 9.87. The zero-order valence-electron chi connectivity index (χ0n) is 12.7. The number of likely N-dealkylation sites (tertiary alicyclic amines) is 1. The highest BCUT2D eigenvalue weighted by Crippen LogP contribution is 2.28. The summed E-state index contributed by atoms with van der Waals surface area (Å²) in [5.74, 6) is 0.0475. The van der Waals surface area contributed by atoms with Crippen molar-refractivity contribution in [3.63, 3.8) is 0 Å². The number of β-amino-alcohol motifs (C(OH)–C–C–N with tert-alkyl or cyclic N) is 1. The number of aliphatic hydroxyl groups is 1. The molecule has 22 heavy (non-hydrogen) atoms. The quantitative estimate of drug-likeness (QED) is 0.941. The SMILES string of the molecule is CCn1nccc1C(=O)N1CC[C@@H](c2ccccc2)[C@H](O)C1. The fourth-order valence-electron chi connectivity index (χ4n) is 3.13. The molecule has 2 heterocycles. The molecule has 116 valence electrons. The smallest absolute Gasteiger partial charge is 0.272 e. The number of carbonyl (C=O) groups excluding carboxylic acids is 1.